The summed E-state index contributed by atoms with van der Waals surface area (Å²) in [6, 6.07) is 10.1. The summed E-state index contributed by atoms with van der Waals surface area (Å²) in [4.78, 5) is 12.1. The monoisotopic (exact) mass is 287 g/mol. The Hall–Kier alpha value is -2.02. The van der Waals surface area contributed by atoms with E-state index in [0.717, 1.165) is 5.69 Å². The van der Waals surface area contributed by atoms with Gasteiger partial charge in [0.05, 0.1) is 12.6 Å². The van der Waals surface area contributed by atoms with Gasteiger partial charge in [-0.25, -0.2) is 0 Å². The van der Waals surface area contributed by atoms with E-state index < -0.39 is 5.54 Å². The van der Waals surface area contributed by atoms with Gasteiger partial charge in [0.15, 0.2) is 0 Å². The van der Waals surface area contributed by atoms with Crippen LogP contribution in [0, 0.1) is 17.2 Å². The molecule has 4 nitrogen and oxygen atoms in total. The van der Waals surface area contributed by atoms with Crippen LogP contribution < -0.4 is 10.6 Å². The summed E-state index contributed by atoms with van der Waals surface area (Å²) in [5, 5.41) is 15.2. The first-order valence-corrected chi connectivity index (χ1v) is 7.35. The minimum absolute atomic E-state index is 0.0504. The van der Waals surface area contributed by atoms with E-state index >= 15 is 0 Å². The van der Waals surface area contributed by atoms with Crippen molar-refractivity contribution in [1.29, 1.82) is 5.26 Å². The van der Waals surface area contributed by atoms with Crippen molar-refractivity contribution >= 4 is 11.6 Å². The van der Waals surface area contributed by atoms with Crippen LogP contribution in [0.25, 0.3) is 0 Å². The highest BCUT2D eigenvalue weighted by Gasteiger charge is 2.29. The molecular weight excluding hydrogens is 262 g/mol. The summed E-state index contributed by atoms with van der Waals surface area (Å²) in [6.07, 6.45) is 0. The summed E-state index contributed by atoms with van der Waals surface area (Å²) in [5.74, 6) is 0.262. The first-order valence-electron chi connectivity index (χ1n) is 7.35. The lowest BCUT2D eigenvalue weighted by Crippen LogP contribution is -2.50. The van der Waals surface area contributed by atoms with Gasteiger partial charge in [0.1, 0.15) is 5.54 Å². The van der Waals surface area contributed by atoms with Crippen molar-refractivity contribution in [3.63, 3.8) is 0 Å². The Morgan fingerprint density at radius 2 is 1.90 bits per heavy atom. The predicted octanol–water partition coefficient (Wildman–Crippen LogP) is 3.28. The van der Waals surface area contributed by atoms with Crippen LogP contribution in [0.4, 0.5) is 5.69 Å². The average molecular weight is 287 g/mol. The quantitative estimate of drug-likeness (QED) is 0.844. The molecule has 1 unspecified atom stereocenters. The number of nitrogens with zero attached hydrogens (tertiary/aromatic N) is 1. The van der Waals surface area contributed by atoms with E-state index in [0.29, 0.717) is 5.92 Å². The SMILES string of the molecule is CC(C)c1ccccc1NCC(=O)NC(C)(C#N)C(C)C. The number of hydrogen-bond acceptors (Lipinski definition) is 3. The number of benzene rings is 1. The van der Waals surface area contributed by atoms with E-state index in [2.05, 4.69) is 36.6 Å². The fourth-order valence-corrected chi connectivity index (χ4v) is 1.97. The average Bonchev–Trinajstić information content (AvgIpc) is 2.44. The van der Waals surface area contributed by atoms with Gasteiger partial charge in [-0.15, -0.1) is 0 Å². The van der Waals surface area contributed by atoms with Crippen molar-refractivity contribution < 1.29 is 4.79 Å². The molecule has 0 fully saturated rings. The van der Waals surface area contributed by atoms with Crippen LogP contribution in [0.2, 0.25) is 0 Å². The zero-order chi connectivity index (χ0) is 16.0. The Bertz CT molecular complexity index is 531. The first-order chi connectivity index (χ1) is 9.80. The maximum absolute atomic E-state index is 12.1. The first kappa shape index (κ1) is 17.0. The molecule has 1 aromatic rings. The maximum Gasteiger partial charge on any atom is 0.240 e. The number of carbonyl (C=O) groups is 1. The van der Waals surface area contributed by atoms with E-state index in [9.17, 15) is 10.1 Å². The highest BCUT2D eigenvalue weighted by atomic mass is 16.2. The topological polar surface area (TPSA) is 64.9 Å². The highest BCUT2D eigenvalue weighted by Crippen LogP contribution is 2.23. The van der Waals surface area contributed by atoms with Crippen LogP contribution in [0.5, 0.6) is 0 Å². The van der Waals surface area contributed by atoms with Gasteiger partial charge in [0.25, 0.3) is 0 Å². The van der Waals surface area contributed by atoms with Crippen molar-refractivity contribution in [1.82, 2.24) is 5.32 Å². The van der Waals surface area contributed by atoms with E-state index in [4.69, 9.17) is 0 Å². The molecule has 1 rings (SSSR count). The van der Waals surface area contributed by atoms with Gasteiger partial charge in [0, 0.05) is 5.69 Å². The van der Waals surface area contributed by atoms with Crippen molar-refractivity contribution in [3.8, 4) is 6.07 Å². The largest absolute Gasteiger partial charge is 0.376 e. The standard InChI is InChI=1S/C17H25N3O/c1-12(2)14-8-6-7-9-15(14)19-10-16(21)20-17(5,11-18)13(3)4/h6-9,12-13,19H,10H2,1-5H3,(H,20,21). The number of carbonyl (C=O) groups excluding carboxylic acids is 1. The van der Waals surface area contributed by atoms with Gasteiger partial charge in [0.2, 0.25) is 5.91 Å². The molecule has 21 heavy (non-hydrogen) atoms. The van der Waals surface area contributed by atoms with Crippen LogP contribution >= 0.6 is 0 Å². The van der Waals surface area contributed by atoms with Gasteiger partial charge in [-0.2, -0.15) is 5.26 Å². The summed E-state index contributed by atoms with van der Waals surface area (Å²) in [5.41, 5.74) is 1.30. The Labute approximate surface area is 127 Å². The number of nitrogens with one attached hydrogen (secondary N) is 2. The molecule has 1 amide bonds. The van der Waals surface area contributed by atoms with Crippen molar-refractivity contribution in [2.75, 3.05) is 11.9 Å². The molecule has 0 heterocycles. The van der Waals surface area contributed by atoms with E-state index in [1.54, 1.807) is 6.92 Å². The van der Waals surface area contributed by atoms with Crippen LogP contribution in [0.3, 0.4) is 0 Å². The molecule has 4 heteroatoms. The predicted molar refractivity (Wildman–Crippen MR) is 86.0 cm³/mol. The Kier molecular flexibility index (Phi) is 5.78. The van der Waals surface area contributed by atoms with Crippen LogP contribution in [0.1, 0.15) is 46.1 Å². The summed E-state index contributed by atoms with van der Waals surface area (Å²) < 4.78 is 0. The lowest BCUT2D eigenvalue weighted by atomic mass is 9.90. The van der Waals surface area contributed by atoms with Crippen LogP contribution in [-0.4, -0.2) is 18.0 Å². The zero-order valence-corrected chi connectivity index (χ0v) is 13.5. The van der Waals surface area contributed by atoms with E-state index in [-0.39, 0.29) is 18.4 Å². The third-order valence-electron chi connectivity index (χ3n) is 3.81. The van der Waals surface area contributed by atoms with Crippen LogP contribution in [-0.2, 0) is 4.79 Å². The second-order valence-electron chi connectivity index (χ2n) is 6.11. The third-order valence-corrected chi connectivity index (χ3v) is 3.81. The minimum Gasteiger partial charge on any atom is -0.376 e. The molecule has 0 saturated heterocycles. The number of para-hydroxylation sites is 1. The smallest absolute Gasteiger partial charge is 0.240 e. The lowest BCUT2D eigenvalue weighted by Gasteiger charge is -2.27. The highest BCUT2D eigenvalue weighted by molar-refractivity contribution is 5.82. The molecule has 0 aliphatic carbocycles. The molecule has 0 radical (unpaired) electrons. The summed E-state index contributed by atoms with van der Waals surface area (Å²) in [7, 11) is 0. The normalized spacial score (nSPS) is 13.6. The molecule has 0 saturated carbocycles. The van der Waals surface area contributed by atoms with Gasteiger partial charge < -0.3 is 10.6 Å². The second kappa shape index (κ2) is 7.12. The molecule has 2 N–H and O–H groups in total. The fraction of sp³-hybridized carbons (Fsp3) is 0.529. The summed E-state index contributed by atoms with van der Waals surface area (Å²) in [6.45, 7) is 9.99. The molecule has 114 valence electrons. The van der Waals surface area contributed by atoms with E-state index in [1.807, 2.05) is 32.0 Å². The number of amides is 1. The van der Waals surface area contributed by atoms with Crippen molar-refractivity contribution in [3.05, 3.63) is 29.8 Å². The molecule has 1 aromatic carbocycles. The lowest BCUT2D eigenvalue weighted by molar-refractivity contribution is -0.121. The maximum atomic E-state index is 12.1. The third kappa shape index (κ3) is 4.49. The van der Waals surface area contributed by atoms with Crippen molar-refractivity contribution in [2.24, 2.45) is 5.92 Å². The molecule has 0 aliphatic heterocycles. The van der Waals surface area contributed by atoms with Gasteiger partial charge in [-0.05, 0) is 30.4 Å². The molecule has 1 atom stereocenters. The number of rotatable bonds is 6. The minimum atomic E-state index is -0.837. The molecule has 0 bridgehead atoms. The van der Waals surface area contributed by atoms with Gasteiger partial charge >= 0.3 is 0 Å². The molecule has 0 aromatic heterocycles. The molecular formula is C17H25N3O. The molecule has 0 spiro atoms. The van der Waals surface area contributed by atoms with E-state index in [1.165, 1.54) is 5.56 Å². The van der Waals surface area contributed by atoms with Gasteiger partial charge in [-0.3, -0.25) is 4.79 Å². The Morgan fingerprint density at radius 3 is 2.43 bits per heavy atom. The van der Waals surface area contributed by atoms with Gasteiger partial charge in [-0.1, -0.05) is 45.9 Å². The van der Waals surface area contributed by atoms with Crippen LogP contribution in [0.15, 0.2) is 24.3 Å². The Balaban J connectivity index is 2.69. The second-order valence-corrected chi connectivity index (χ2v) is 6.11. The number of anilines is 1. The number of nitriles is 1. The zero-order valence-electron chi connectivity index (χ0n) is 13.5. The Morgan fingerprint density at radius 1 is 1.29 bits per heavy atom. The fourth-order valence-electron chi connectivity index (χ4n) is 1.97. The summed E-state index contributed by atoms with van der Waals surface area (Å²) >= 11 is 0. The van der Waals surface area contributed by atoms with Crippen molar-refractivity contribution in [2.45, 2.75) is 46.1 Å². The molecule has 0 aliphatic rings. The number of hydrogen-bond donors (Lipinski definition) is 2.